The van der Waals surface area contributed by atoms with Gasteiger partial charge in [0.2, 0.25) is 5.91 Å². The molecule has 0 aromatic carbocycles. The third kappa shape index (κ3) is 4.22. The monoisotopic (exact) mass is 324 g/mol. The Morgan fingerprint density at radius 2 is 1.86 bits per heavy atom. The molecule has 0 aliphatic carbocycles. The van der Waals surface area contributed by atoms with E-state index >= 15 is 0 Å². The number of hydrogen-bond acceptors (Lipinski definition) is 4. The molecule has 0 bridgehead atoms. The van der Waals surface area contributed by atoms with Crippen LogP contribution in [0, 0.1) is 5.92 Å². The highest BCUT2D eigenvalue weighted by molar-refractivity contribution is 7.12. The maximum Gasteiger partial charge on any atom is 0.264 e. The van der Waals surface area contributed by atoms with Crippen molar-refractivity contribution in [1.29, 1.82) is 0 Å². The van der Waals surface area contributed by atoms with Crippen molar-refractivity contribution in [3.05, 3.63) is 16.3 Å². The van der Waals surface area contributed by atoms with E-state index in [1.165, 1.54) is 11.3 Å². The number of thiophene rings is 1. The fourth-order valence-electron chi connectivity index (χ4n) is 2.42. The minimum atomic E-state index is 0.0302. The van der Waals surface area contributed by atoms with E-state index in [1.807, 2.05) is 15.2 Å². The molecule has 0 unspecified atom stereocenters. The second kappa shape index (κ2) is 7.63. The van der Waals surface area contributed by atoms with Crippen LogP contribution in [0.1, 0.15) is 36.4 Å². The van der Waals surface area contributed by atoms with Crippen molar-refractivity contribution < 1.29 is 14.3 Å². The molecule has 1 fully saturated rings. The Labute approximate surface area is 135 Å². The molecule has 2 rings (SSSR count). The Bertz CT molecular complexity index is 519. The largest absolute Gasteiger partial charge is 0.496 e. The van der Waals surface area contributed by atoms with Crippen molar-refractivity contribution in [2.24, 2.45) is 5.92 Å². The van der Waals surface area contributed by atoms with Gasteiger partial charge in [-0.3, -0.25) is 9.59 Å². The molecule has 2 heterocycles. The van der Waals surface area contributed by atoms with Crippen LogP contribution in [0.4, 0.5) is 0 Å². The van der Waals surface area contributed by atoms with E-state index in [-0.39, 0.29) is 11.8 Å². The fraction of sp³-hybridized carbons (Fsp3) is 0.625. The topological polar surface area (TPSA) is 49.9 Å². The van der Waals surface area contributed by atoms with Crippen LogP contribution in [0.2, 0.25) is 0 Å². The lowest BCUT2D eigenvalue weighted by Crippen LogP contribution is -2.50. The van der Waals surface area contributed by atoms with E-state index < -0.39 is 0 Å². The summed E-state index contributed by atoms with van der Waals surface area (Å²) in [5.41, 5.74) is 0. The number of hydrogen-bond donors (Lipinski definition) is 0. The molecule has 1 aliphatic heterocycles. The Kier molecular flexibility index (Phi) is 5.83. The molecule has 5 nitrogen and oxygen atoms in total. The molecule has 1 aromatic heterocycles. The summed E-state index contributed by atoms with van der Waals surface area (Å²) < 4.78 is 5.11. The van der Waals surface area contributed by atoms with Gasteiger partial charge in [-0.2, -0.15) is 0 Å². The molecule has 1 aliphatic rings. The molecule has 0 N–H and O–H groups in total. The number of methoxy groups -OCH3 is 1. The summed E-state index contributed by atoms with van der Waals surface area (Å²) in [6.45, 7) is 6.72. The zero-order valence-corrected chi connectivity index (χ0v) is 14.3. The first kappa shape index (κ1) is 16.8. The van der Waals surface area contributed by atoms with Gasteiger partial charge < -0.3 is 14.5 Å². The summed E-state index contributed by atoms with van der Waals surface area (Å²) in [6.07, 6.45) is 1.53. The van der Waals surface area contributed by atoms with E-state index in [9.17, 15) is 9.59 Å². The number of carbonyl (C=O) groups is 2. The quantitative estimate of drug-likeness (QED) is 0.836. The van der Waals surface area contributed by atoms with Crippen molar-refractivity contribution in [2.75, 3.05) is 33.3 Å². The molecule has 22 heavy (non-hydrogen) atoms. The van der Waals surface area contributed by atoms with E-state index in [0.29, 0.717) is 43.4 Å². The predicted octanol–water partition coefficient (Wildman–Crippen LogP) is 2.48. The first-order valence-corrected chi connectivity index (χ1v) is 8.58. The molecular weight excluding hydrogens is 300 g/mol. The third-order valence-corrected chi connectivity index (χ3v) is 4.77. The van der Waals surface area contributed by atoms with Crippen LogP contribution >= 0.6 is 11.3 Å². The Balaban J connectivity index is 1.83. The smallest absolute Gasteiger partial charge is 0.264 e. The van der Waals surface area contributed by atoms with Gasteiger partial charge in [0, 0.05) is 44.0 Å². The van der Waals surface area contributed by atoms with E-state index in [4.69, 9.17) is 4.74 Å². The van der Waals surface area contributed by atoms with E-state index in [2.05, 4.69) is 13.8 Å². The normalized spacial score (nSPS) is 15.3. The van der Waals surface area contributed by atoms with Gasteiger partial charge in [-0.25, -0.2) is 0 Å². The minimum Gasteiger partial charge on any atom is -0.496 e. The lowest BCUT2D eigenvalue weighted by Gasteiger charge is -2.34. The van der Waals surface area contributed by atoms with E-state index in [0.717, 1.165) is 12.2 Å². The molecule has 6 heteroatoms. The summed E-state index contributed by atoms with van der Waals surface area (Å²) in [6, 6.07) is 1.77. The molecule has 2 amide bonds. The number of nitrogens with zero attached hydrogens (tertiary/aromatic N) is 2. The maximum absolute atomic E-state index is 12.4. The lowest BCUT2D eigenvalue weighted by atomic mass is 10.1. The molecule has 0 atom stereocenters. The van der Waals surface area contributed by atoms with Gasteiger partial charge in [0.1, 0.15) is 5.75 Å². The van der Waals surface area contributed by atoms with Crippen molar-refractivity contribution >= 4 is 23.2 Å². The molecule has 0 saturated carbocycles. The molecule has 0 radical (unpaired) electrons. The number of piperazine rings is 1. The molecule has 1 saturated heterocycles. The second-order valence-electron chi connectivity index (χ2n) is 5.96. The summed E-state index contributed by atoms with van der Waals surface area (Å²) in [5.74, 6) is 1.50. The Morgan fingerprint density at radius 3 is 2.41 bits per heavy atom. The molecule has 0 spiro atoms. The molecular formula is C16H24N2O3S. The third-order valence-electron chi connectivity index (χ3n) is 3.88. The first-order chi connectivity index (χ1) is 10.5. The van der Waals surface area contributed by atoms with Crippen LogP contribution in [0.15, 0.2) is 11.4 Å². The number of rotatable bonds is 5. The number of ether oxygens (including phenoxy) is 1. The first-order valence-electron chi connectivity index (χ1n) is 7.71. The average Bonchev–Trinajstić information content (AvgIpc) is 3.01. The van der Waals surface area contributed by atoms with Crippen molar-refractivity contribution in [3.8, 4) is 5.75 Å². The maximum atomic E-state index is 12.4. The van der Waals surface area contributed by atoms with E-state index in [1.54, 1.807) is 13.2 Å². The number of carbonyl (C=O) groups excluding carboxylic acids is 2. The van der Waals surface area contributed by atoms with Crippen molar-refractivity contribution in [3.63, 3.8) is 0 Å². The standard InChI is InChI=1S/C16H24N2O3S/c1-12(2)4-5-15(19)17-6-8-18(9-7-17)16(20)14-10-13(21-3)11-22-14/h10-12H,4-9H2,1-3H3. The molecule has 122 valence electrons. The zero-order valence-electron chi connectivity index (χ0n) is 13.5. The highest BCUT2D eigenvalue weighted by Crippen LogP contribution is 2.23. The van der Waals surface area contributed by atoms with Gasteiger partial charge in [0.05, 0.1) is 12.0 Å². The van der Waals surface area contributed by atoms with Gasteiger partial charge in [-0.05, 0) is 12.3 Å². The summed E-state index contributed by atoms with van der Waals surface area (Å²) in [5, 5.41) is 1.83. The van der Waals surface area contributed by atoms with Gasteiger partial charge in [0.15, 0.2) is 0 Å². The van der Waals surface area contributed by atoms with Gasteiger partial charge in [0.25, 0.3) is 5.91 Å². The van der Waals surface area contributed by atoms with Crippen LogP contribution in [0.25, 0.3) is 0 Å². The highest BCUT2D eigenvalue weighted by atomic mass is 32.1. The van der Waals surface area contributed by atoms with Crippen LogP contribution in [-0.4, -0.2) is 54.9 Å². The van der Waals surface area contributed by atoms with Crippen LogP contribution < -0.4 is 4.74 Å². The molecule has 1 aromatic rings. The minimum absolute atomic E-state index is 0.0302. The zero-order chi connectivity index (χ0) is 16.1. The van der Waals surface area contributed by atoms with Crippen LogP contribution in [0.5, 0.6) is 5.75 Å². The fourth-order valence-corrected chi connectivity index (χ4v) is 3.24. The summed E-state index contributed by atoms with van der Waals surface area (Å²) in [4.78, 5) is 28.9. The van der Waals surface area contributed by atoms with Crippen LogP contribution in [-0.2, 0) is 4.79 Å². The van der Waals surface area contributed by atoms with Gasteiger partial charge >= 0.3 is 0 Å². The highest BCUT2D eigenvalue weighted by Gasteiger charge is 2.25. The lowest BCUT2D eigenvalue weighted by molar-refractivity contribution is -0.132. The Morgan fingerprint density at radius 1 is 1.23 bits per heavy atom. The Hall–Kier alpha value is -1.56. The predicted molar refractivity (Wildman–Crippen MR) is 87.4 cm³/mol. The summed E-state index contributed by atoms with van der Waals surface area (Å²) in [7, 11) is 1.60. The second-order valence-corrected chi connectivity index (χ2v) is 6.87. The van der Waals surface area contributed by atoms with Gasteiger partial charge in [-0.1, -0.05) is 13.8 Å². The van der Waals surface area contributed by atoms with Crippen molar-refractivity contribution in [2.45, 2.75) is 26.7 Å². The van der Waals surface area contributed by atoms with Crippen molar-refractivity contribution in [1.82, 2.24) is 9.80 Å². The average molecular weight is 324 g/mol. The summed E-state index contributed by atoms with van der Waals surface area (Å²) >= 11 is 1.40. The van der Waals surface area contributed by atoms with Gasteiger partial charge in [-0.15, -0.1) is 11.3 Å². The number of amides is 2. The van der Waals surface area contributed by atoms with Crippen LogP contribution in [0.3, 0.4) is 0 Å². The SMILES string of the molecule is COc1csc(C(=O)N2CCN(C(=O)CCC(C)C)CC2)c1.